The van der Waals surface area contributed by atoms with Crippen LogP contribution >= 0.6 is 0 Å². The van der Waals surface area contributed by atoms with Gasteiger partial charge in [-0.3, -0.25) is 9.59 Å². The van der Waals surface area contributed by atoms with E-state index in [9.17, 15) is 9.59 Å². The van der Waals surface area contributed by atoms with Gasteiger partial charge in [-0.2, -0.15) is 0 Å². The van der Waals surface area contributed by atoms with Crippen molar-refractivity contribution < 1.29 is 14.3 Å². The van der Waals surface area contributed by atoms with Gasteiger partial charge >= 0.3 is 0 Å². The normalized spacial score (nSPS) is 12.5. The Kier molecular flexibility index (Phi) is 3.44. The molecule has 2 rings (SSSR count). The van der Waals surface area contributed by atoms with Crippen LogP contribution in [0.4, 0.5) is 5.69 Å². The number of benzene rings is 1. The number of carbonyl (C=O) groups excluding carboxylic acids is 2. The van der Waals surface area contributed by atoms with Crippen molar-refractivity contribution in [2.45, 2.75) is 13.8 Å². The van der Waals surface area contributed by atoms with Gasteiger partial charge in [0.15, 0.2) is 0 Å². The molecule has 1 aromatic carbocycles. The van der Waals surface area contributed by atoms with Crippen molar-refractivity contribution >= 4 is 17.4 Å². The Bertz CT molecular complexity index is 399. The average molecular weight is 207 g/mol. The molecule has 15 heavy (non-hydrogen) atoms. The second-order valence-corrected chi connectivity index (χ2v) is 2.69. The second kappa shape index (κ2) is 4.59. The minimum Gasteiger partial charge on any atom is -0.497 e. The van der Waals surface area contributed by atoms with Crippen LogP contribution in [0, 0.1) is 0 Å². The largest absolute Gasteiger partial charge is 0.497 e. The maximum atomic E-state index is 11.2. The monoisotopic (exact) mass is 207 g/mol. The molecule has 0 saturated carbocycles. The maximum absolute atomic E-state index is 11.2. The molecule has 0 spiro atoms. The summed E-state index contributed by atoms with van der Waals surface area (Å²) in [7, 11) is 1.51. The number of hydrogen-bond acceptors (Lipinski definition) is 3. The number of hydrogen-bond donors (Lipinski definition) is 1. The zero-order valence-electron chi connectivity index (χ0n) is 8.96. The van der Waals surface area contributed by atoms with Crippen molar-refractivity contribution in [2.24, 2.45) is 0 Å². The molecule has 0 radical (unpaired) electrons. The Labute approximate surface area is 88.2 Å². The molecule has 80 valence electrons. The number of amides is 1. The Balaban J connectivity index is 0.000000531. The summed E-state index contributed by atoms with van der Waals surface area (Å²) in [5.74, 6) is -0.513. The third-order valence-electron chi connectivity index (χ3n) is 1.93. The van der Waals surface area contributed by atoms with Crippen LogP contribution in [0.15, 0.2) is 18.2 Å². The van der Waals surface area contributed by atoms with Crippen LogP contribution in [0.2, 0.25) is 0 Å². The summed E-state index contributed by atoms with van der Waals surface area (Å²) in [4.78, 5) is 22.1. The molecule has 1 aliphatic heterocycles. The molecule has 0 unspecified atom stereocenters. The quantitative estimate of drug-likeness (QED) is 0.715. The molecule has 0 atom stereocenters. The van der Waals surface area contributed by atoms with Crippen LogP contribution in [-0.4, -0.2) is 18.8 Å². The third-order valence-corrected chi connectivity index (χ3v) is 1.93. The van der Waals surface area contributed by atoms with E-state index in [0.29, 0.717) is 17.0 Å². The average Bonchev–Trinajstić information content (AvgIpc) is 2.57. The summed E-state index contributed by atoms with van der Waals surface area (Å²) in [6.07, 6.45) is 0. The zero-order chi connectivity index (χ0) is 11.4. The molecule has 1 heterocycles. The molecular weight excluding hydrogens is 194 g/mol. The van der Waals surface area contributed by atoms with Crippen molar-refractivity contribution in [3.05, 3.63) is 23.8 Å². The Morgan fingerprint density at radius 3 is 2.47 bits per heavy atom. The zero-order valence-corrected chi connectivity index (χ0v) is 8.96. The van der Waals surface area contributed by atoms with Crippen LogP contribution < -0.4 is 10.1 Å². The van der Waals surface area contributed by atoms with E-state index in [4.69, 9.17) is 4.74 Å². The third kappa shape index (κ3) is 1.98. The predicted octanol–water partition coefficient (Wildman–Crippen LogP) is 1.86. The number of carbonyl (C=O) groups is 2. The first-order chi connectivity index (χ1) is 7.22. The lowest BCUT2D eigenvalue weighted by atomic mass is 10.1. The van der Waals surface area contributed by atoms with E-state index in [-0.39, 0.29) is 0 Å². The SMILES string of the molecule is CC.COc1ccc2c(c1)C(=O)C(=O)N2. The number of ketones is 1. The van der Waals surface area contributed by atoms with E-state index in [1.807, 2.05) is 13.8 Å². The van der Waals surface area contributed by atoms with Gasteiger partial charge < -0.3 is 10.1 Å². The van der Waals surface area contributed by atoms with Crippen LogP contribution in [0.1, 0.15) is 24.2 Å². The van der Waals surface area contributed by atoms with Crippen molar-refractivity contribution in [3.63, 3.8) is 0 Å². The van der Waals surface area contributed by atoms with Crippen LogP contribution in [0.3, 0.4) is 0 Å². The van der Waals surface area contributed by atoms with Crippen LogP contribution in [0.25, 0.3) is 0 Å². The first-order valence-corrected chi connectivity index (χ1v) is 4.76. The van der Waals surface area contributed by atoms with Gasteiger partial charge in [-0.25, -0.2) is 0 Å². The molecule has 1 aliphatic rings. The maximum Gasteiger partial charge on any atom is 0.296 e. The summed E-state index contributed by atoms with van der Waals surface area (Å²) >= 11 is 0. The number of Topliss-reactive ketones (excluding diaryl/α,β-unsaturated/α-hetero) is 1. The van der Waals surface area contributed by atoms with Gasteiger partial charge in [0, 0.05) is 0 Å². The van der Waals surface area contributed by atoms with E-state index < -0.39 is 11.7 Å². The number of rotatable bonds is 1. The molecule has 0 aromatic heterocycles. The van der Waals surface area contributed by atoms with Crippen molar-refractivity contribution in [2.75, 3.05) is 12.4 Å². The fraction of sp³-hybridized carbons (Fsp3) is 0.273. The minimum absolute atomic E-state index is 0.379. The Hall–Kier alpha value is -1.84. The molecule has 1 N–H and O–H groups in total. The first-order valence-electron chi connectivity index (χ1n) is 4.76. The van der Waals surface area contributed by atoms with Gasteiger partial charge in [-0.1, -0.05) is 13.8 Å². The number of anilines is 1. The number of ether oxygens (including phenoxy) is 1. The van der Waals surface area contributed by atoms with E-state index in [0.717, 1.165) is 0 Å². The number of nitrogens with one attached hydrogen (secondary N) is 1. The molecule has 0 saturated heterocycles. The highest BCUT2D eigenvalue weighted by molar-refractivity contribution is 6.51. The highest BCUT2D eigenvalue weighted by Gasteiger charge is 2.27. The van der Waals surface area contributed by atoms with E-state index >= 15 is 0 Å². The summed E-state index contributed by atoms with van der Waals surface area (Å²) in [5, 5.41) is 2.45. The van der Waals surface area contributed by atoms with Crippen LogP contribution in [-0.2, 0) is 4.79 Å². The highest BCUT2D eigenvalue weighted by atomic mass is 16.5. The van der Waals surface area contributed by atoms with Gasteiger partial charge in [-0.15, -0.1) is 0 Å². The molecule has 4 nitrogen and oxygen atoms in total. The summed E-state index contributed by atoms with van der Waals surface area (Å²) < 4.78 is 4.93. The van der Waals surface area contributed by atoms with Crippen molar-refractivity contribution in [1.82, 2.24) is 0 Å². The fourth-order valence-electron chi connectivity index (χ4n) is 1.25. The van der Waals surface area contributed by atoms with E-state index in [1.54, 1.807) is 18.2 Å². The van der Waals surface area contributed by atoms with Gasteiger partial charge in [0.1, 0.15) is 5.75 Å². The van der Waals surface area contributed by atoms with Gasteiger partial charge in [0.2, 0.25) is 0 Å². The molecular formula is C11H13NO3. The molecule has 1 aromatic rings. The smallest absolute Gasteiger partial charge is 0.296 e. The molecule has 0 aliphatic carbocycles. The lowest BCUT2D eigenvalue weighted by Crippen LogP contribution is -2.12. The predicted molar refractivity (Wildman–Crippen MR) is 57.3 cm³/mol. The lowest BCUT2D eigenvalue weighted by molar-refractivity contribution is -0.112. The van der Waals surface area contributed by atoms with Crippen molar-refractivity contribution in [3.8, 4) is 5.75 Å². The molecule has 4 heteroatoms. The molecule has 0 bridgehead atoms. The highest BCUT2D eigenvalue weighted by Crippen LogP contribution is 2.26. The lowest BCUT2D eigenvalue weighted by Gasteiger charge is -2.00. The van der Waals surface area contributed by atoms with Gasteiger partial charge in [-0.05, 0) is 18.2 Å². The summed E-state index contributed by atoms with van der Waals surface area (Å²) in [6.45, 7) is 4.00. The number of methoxy groups -OCH3 is 1. The summed E-state index contributed by atoms with van der Waals surface area (Å²) in [6, 6.07) is 4.89. The van der Waals surface area contributed by atoms with Gasteiger partial charge in [0.05, 0.1) is 18.4 Å². The van der Waals surface area contributed by atoms with Crippen LogP contribution in [0.5, 0.6) is 5.75 Å². The Morgan fingerprint density at radius 1 is 1.20 bits per heavy atom. The molecule has 0 fully saturated rings. The molecule has 1 amide bonds. The van der Waals surface area contributed by atoms with E-state index in [1.165, 1.54) is 7.11 Å². The first kappa shape index (κ1) is 11.2. The van der Waals surface area contributed by atoms with Gasteiger partial charge in [0.25, 0.3) is 11.7 Å². The van der Waals surface area contributed by atoms with Crippen molar-refractivity contribution in [1.29, 1.82) is 0 Å². The fourth-order valence-corrected chi connectivity index (χ4v) is 1.25. The summed E-state index contributed by atoms with van der Waals surface area (Å²) in [5.41, 5.74) is 0.931. The topological polar surface area (TPSA) is 55.4 Å². The second-order valence-electron chi connectivity index (χ2n) is 2.69. The minimum atomic E-state index is -0.580. The number of fused-ring (bicyclic) bond motifs is 1. The Morgan fingerprint density at radius 2 is 1.87 bits per heavy atom. The standard InChI is InChI=1S/C9H7NO3.C2H6/c1-13-5-2-3-7-6(4-5)8(11)9(12)10-7;1-2/h2-4H,1H3,(H,10,11,12);1-2H3. The van der Waals surface area contributed by atoms with E-state index in [2.05, 4.69) is 5.32 Å².